The quantitative estimate of drug-likeness (QED) is 0.639. The van der Waals surface area contributed by atoms with E-state index in [1.807, 2.05) is 24.3 Å². The SMILES string of the molecule is Cc1cc(C(Br)c2ccc3[nH]c(=O)oc3c2)ccc1Br. The molecule has 0 saturated heterocycles. The molecule has 0 aliphatic heterocycles. The summed E-state index contributed by atoms with van der Waals surface area (Å²) in [5.41, 5.74) is 4.67. The normalized spacial score (nSPS) is 12.8. The van der Waals surface area contributed by atoms with Crippen molar-refractivity contribution in [2.75, 3.05) is 0 Å². The minimum Gasteiger partial charge on any atom is -0.408 e. The first-order chi connectivity index (χ1) is 9.54. The predicted octanol–water partition coefficient (Wildman–Crippen LogP) is 4.68. The fourth-order valence-electron chi connectivity index (χ4n) is 2.14. The molecule has 0 radical (unpaired) electrons. The third-order valence-electron chi connectivity index (χ3n) is 3.21. The molecule has 0 fully saturated rings. The van der Waals surface area contributed by atoms with Crippen molar-refractivity contribution < 1.29 is 4.42 Å². The molecule has 0 bridgehead atoms. The maximum atomic E-state index is 11.2. The van der Waals surface area contributed by atoms with Crippen LogP contribution in [0.5, 0.6) is 0 Å². The van der Waals surface area contributed by atoms with Crippen molar-refractivity contribution in [1.29, 1.82) is 0 Å². The second-order valence-corrected chi connectivity index (χ2v) is 6.41. The maximum Gasteiger partial charge on any atom is 0.417 e. The molecule has 3 aromatic rings. The van der Waals surface area contributed by atoms with Crippen molar-refractivity contribution in [3.05, 3.63) is 68.1 Å². The zero-order valence-electron chi connectivity index (χ0n) is 10.6. The van der Waals surface area contributed by atoms with Crippen molar-refractivity contribution >= 4 is 43.0 Å². The zero-order valence-corrected chi connectivity index (χ0v) is 13.8. The molecule has 20 heavy (non-hydrogen) atoms. The topological polar surface area (TPSA) is 46.0 Å². The number of fused-ring (bicyclic) bond motifs is 1. The molecule has 1 atom stereocenters. The van der Waals surface area contributed by atoms with E-state index in [-0.39, 0.29) is 4.83 Å². The lowest BCUT2D eigenvalue weighted by Crippen LogP contribution is -1.93. The van der Waals surface area contributed by atoms with Crippen molar-refractivity contribution in [3.63, 3.8) is 0 Å². The van der Waals surface area contributed by atoms with Crippen molar-refractivity contribution in [2.24, 2.45) is 0 Å². The molecule has 3 rings (SSSR count). The van der Waals surface area contributed by atoms with Crippen LogP contribution in [-0.2, 0) is 0 Å². The van der Waals surface area contributed by atoms with Gasteiger partial charge < -0.3 is 4.42 Å². The molecule has 0 aliphatic rings. The first-order valence-corrected chi connectivity index (χ1v) is 7.78. The predicted molar refractivity (Wildman–Crippen MR) is 86.5 cm³/mol. The number of benzene rings is 2. The molecule has 0 spiro atoms. The lowest BCUT2D eigenvalue weighted by atomic mass is 10.0. The minimum atomic E-state index is -0.428. The van der Waals surface area contributed by atoms with Gasteiger partial charge in [0.1, 0.15) is 0 Å². The van der Waals surface area contributed by atoms with Crippen LogP contribution in [0.25, 0.3) is 11.1 Å². The fourth-order valence-corrected chi connectivity index (χ4v) is 2.95. The molecule has 1 unspecified atom stereocenters. The number of nitrogens with one attached hydrogen (secondary N) is 1. The first kappa shape index (κ1) is 13.6. The van der Waals surface area contributed by atoms with Gasteiger partial charge in [-0.2, -0.15) is 0 Å². The molecule has 1 aromatic heterocycles. The summed E-state index contributed by atoms with van der Waals surface area (Å²) in [6.45, 7) is 2.06. The van der Waals surface area contributed by atoms with Gasteiger partial charge in [-0.05, 0) is 41.8 Å². The summed E-state index contributed by atoms with van der Waals surface area (Å²) in [5.74, 6) is -0.428. The molecular weight excluding hydrogens is 386 g/mol. The lowest BCUT2D eigenvalue weighted by molar-refractivity contribution is 0.555. The van der Waals surface area contributed by atoms with Crippen LogP contribution in [0.15, 0.2) is 50.1 Å². The van der Waals surface area contributed by atoms with Crippen LogP contribution in [0.1, 0.15) is 21.5 Å². The summed E-state index contributed by atoms with van der Waals surface area (Å²) >= 11 is 7.20. The van der Waals surface area contributed by atoms with E-state index in [1.165, 1.54) is 5.56 Å². The Balaban J connectivity index is 2.04. The average molecular weight is 397 g/mol. The van der Waals surface area contributed by atoms with Gasteiger partial charge in [0.15, 0.2) is 5.58 Å². The second-order valence-electron chi connectivity index (χ2n) is 4.64. The Labute approximate surface area is 132 Å². The van der Waals surface area contributed by atoms with Crippen LogP contribution in [-0.4, -0.2) is 4.98 Å². The van der Waals surface area contributed by atoms with E-state index in [4.69, 9.17) is 4.42 Å². The molecule has 0 aliphatic carbocycles. The van der Waals surface area contributed by atoms with Crippen LogP contribution >= 0.6 is 31.9 Å². The van der Waals surface area contributed by atoms with E-state index in [0.717, 1.165) is 15.6 Å². The van der Waals surface area contributed by atoms with Crippen LogP contribution in [0.3, 0.4) is 0 Å². The van der Waals surface area contributed by atoms with Crippen molar-refractivity contribution in [1.82, 2.24) is 4.98 Å². The van der Waals surface area contributed by atoms with Gasteiger partial charge in [-0.25, -0.2) is 4.79 Å². The number of aromatic amines is 1. The highest BCUT2D eigenvalue weighted by atomic mass is 79.9. The monoisotopic (exact) mass is 395 g/mol. The highest BCUT2D eigenvalue weighted by Gasteiger charge is 2.13. The van der Waals surface area contributed by atoms with Gasteiger partial charge in [0.25, 0.3) is 0 Å². The van der Waals surface area contributed by atoms with E-state index >= 15 is 0 Å². The van der Waals surface area contributed by atoms with E-state index in [0.29, 0.717) is 11.1 Å². The highest BCUT2D eigenvalue weighted by molar-refractivity contribution is 9.10. The Hall–Kier alpha value is -1.33. The molecule has 0 amide bonds. The minimum absolute atomic E-state index is 0.0545. The molecule has 5 heteroatoms. The third-order valence-corrected chi connectivity index (χ3v) is 5.16. The summed E-state index contributed by atoms with van der Waals surface area (Å²) in [5, 5.41) is 0. The van der Waals surface area contributed by atoms with Crippen molar-refractivity contribution in [3.8, 4) is 0 Å². The van der Waals surface area contributed by atoms with Gasteiger partial charge in [-0.3, -0.25) is 4.98 Å². The molecule has 3 nitrogen and oxygen atoms in total. The number of aromatic nitrogens is 1. The second kappa shape index (κ2) is 5.22. The number of hydrogen-bond acceptors (Lipinski definition) is 2. The van der Waals surface area contributed by atoms with Crippen LogP contribution in [0.4, 0.5) is 0 Å². The van der Waals surface area contributed by atoms with E-state index in [1.54, 1.807) is 0 Å². The Morgan fingerprint density at radius 1 is 1.15 bits per heavy atom. The molecule has 102 valence electrons. The van der Waals surface area contributed by atoms with Gasteiger partial charge in [0.2, 0.25) is 0 Å². The zero-order chi connectivity index (χ0) is 14.3. The first-order valence-electron chi connectivity index (χ1n) is 6.07. The number of aryl methyl sites for hydroxylation is 1. The fraction of sp³-hybridized carbons (Fsp3) is 0.133. The molecule has 2 aromatic carbocycles. The van der Waals surface area contributed by atoms with Crippen LogP contribution in [0.2, 0.25) is 0 Å². The third kappa shape index (κ3) is 2.47. The van der Waals surface area contributed by atoms with Crippen LogP contribution in [0, 0.1) is 6.92 Å². The van der Waals surface area contributed by atoms with Gasteiger partial charge in [-0.1, -0.05) is 50.1 Å². The summed E-state index contributed by atoms with van der Waals surface area (Å²) in [4.78, 5) is 13.9. The largest absolute Gasteiger partial charge is 0.417 e. The average Bonchev–Trinajstić information content (AvgIpc) is 2.80. The number of H-pyrrole nitrogens is 1. The number of rotatable bonds is 2. The Morgan fingerprint density at radius 2 is 1.85 bits per heavy atom. The number of alkyl halides is 1. The van der Waals surface area contributed by atoms with E-state index in [9.17, 15) is 4.79 Å². The lowest BCUT2D eigenvalue weighted by Gasteiger charge is -2.12. The van der Waals surface area contributed by atoms with Crippen LogP contribution < -0.4 is 5.76 Å². The Kier molecular flexibility index (Phi) is 3.56. The number of oxazole rings is 1. The Bertz CT molecular complexity index is 835. The number of hydrogen-bond donors (Lipinski definition) is 1. The number of halogens is 2. The Morgan fingerprint density at radius 3 is 2.60 bits per heavy atom. The molecular formula is C15H11Br2NO2. The smallest absolute Gasteiger partial charge is 0.408 e. The molecule has 1 heterocycles. The summed E-state index contributed by atoms with van der Waals surface area (Å²) < 4.78 is 6.19. The van der Waals surface area contributed by atoms with Crippen molar-refractivity contribution in [2.45, 2.75) is 11.8 Å². The highest BCUT2D eigenvalue weighted by Crippen LogP contribution is 2.33. The summed E-state index contributed by atoms with van der Waals surface area (Å²) in [6.07, 6.45) is 0. The summed E-state index contributed by atoms with van der Waals surface area (Å²) in [6, 6.07) is 11.9. The summed E-state index contributed by atoms with van der Waals surface area (Å²) in [7, 11) is 0. The maximum absolute atomic E-state index is 11.2. The molecule has 0 saturated carbocycles. The van der Waals surface area contributed by atoms with E-state index in [2.05, 4.69) is 55.9 Å². The van der Waals surface area contributed by atoms with Gasteiger partial charge in [0.05, 0.1) is 10.3 Å². The molecule has 1 N–H and O–H groups in total. The van der Waals surface area contributed by atoms with E-state index < -0.39 is 5.76 Å². The van der Waals surface area contributed by atoms with Gasteiger partial charge >= 0.3 is 5.76 Å². The van der Waals surface area contributed by atoms with Gasteiger partial charge in [-0.15, -0.1) is 0 Å². The standard InChI is InChI=1S/C15H11Br2NO2/c1-8-6-9(2-4-11(8)16)14(17)10-3-5-12-13(7-10)20-15(19)18-12/h2-7,14H,1H3,(H,18,19). The van der Waals surface area contributed by atoms with Gasteiger partial charge in [0, 0.05) is 4.47 Å².